The van der Waals surface area contributed by atoms with E-state index >= 15 is 0 Å². The van der Waals surface area contributed by atoms with Crippen molar-refractivity contribution in [3.63, 3.8) is 0 Å². The second-order valence-corrected chi connectivity index (χ2v) is 5.14. The van der Waals surface area contributed by atoms with Gasteiger partial charge in [-0.05, 0) is 25.0 Å². The van der Waals surface area contributed by atoms with Gasteiger partial charge in [0.15, 0.2) is 0 Å². The Labute approximate surface area is 147 Å². The normalized spacial score (nSPS) is 12.1. The third kappa shape index (κ3) is 8.64. The molecule has 0 aromatic carbocycles. The monoisotopic (exact) mass is 351 g/mol. The highest BCUT2D eigenvalue weighted by Crippen LogP contribution is 2.11. The molecule has 0 aromatic rings. The first-order valence-corrected chi connectivity index (χ1v) is 8.12. The number of allylic oxidation sites excluding steroid dienone is 2. The van der Waals surface area contributed by atoms with Crippen LogP contribution in [0.1, 0.15) is 46.0 Å². The summed E-state index contributed by atoms with van der Waals surface area (Å²) in [6.45, 7) is 7.03. The van der Waals surface area contributed by atoms with E-state index in [0.29, 0.717) is 17.7 Å². The molecule has 0 saturated heterocycles. The SMILES string of the molecule is C=COC(=O)CC(C(=O)O)N(C(=O)/C=C/CCC)C(=O)/C=C/CCC. The van der Waals surface area contributed by atoms with Gasteiger partial charge in [-0.25, -0.2) is 4.79 Å². The average molecular weight is 351 g/mol. The second-order valence-electron chi connectivity index (χ2n) is 5.14. The van der Waals surface area contributed by atoms with E-state index in [9.17, 15) is 24.3 Å². The molecule has 0 heterocycles. The Bertz CT molecular complexity index is 522. The van der Waals surface area contributed by atoms with E-state index in [1.54, 1.807) is 12.2 Å². The van der Waals surface area contributed by atoms with Crippen LogP contribution in [0.3, 0.4) is 0 Å². The fourth-order valence-electron chi connectivity index (χ4n) is 1.87. The van der Waals surface area contributed by atoms with E-state index in [1.807, 2.05) is 13.8 Å². The summed E-state index contributed by atoms with van der Waals surface area (Å²) < 4.78 is 4.51. The number of aliphatic carboxylic acids is 1. The van der Waals surface area contributed by atoms with Crippen molar-refractivity contribution in [2.24, 2.45) is 0 Å². The van der Waals surface area contributed by atoms with Crippen LogP contribution in [0.25, 0.3) is 0 Å². The molecule has 0 aliphatic rings. The molecular formula is C18H25NO6. The molecule has 7 heteroatoms. The second kappa shape index (κ2) is 12.7. The lowest BCUT2D eigenvalue weighted by atomic mass is 10.1. The zero-order valence-corrected chi connectivity index (χ0v) is 14.6. The molecule has 0 aliphatic carbocycles. The third-order valence-electron chi connectivity index (χ3n) is 3.08. The zero-order chi connectivity index (χ0) is 19.2. The minimum atomic E-state index is -1.66. The number of hydrogen-bond acceptors (Lipinski definition) is 5. The fourth-order valence-corrected chi connectivity index (χ4v) is 1.87. The summed E-state index contributed by atoms with van der Waals surface area (Å²) in [6, 6.07) is -1.66. The zero-order valence-electron chi connectivity index (χ0n) is 14.6. The van der Waals surface area contributed by atoms with Crippen molar-refractivity contribution in [1.82, 2.24) is 4.90 Å². The molecule has 1 N–H and O–H groups in total. The molecule has 0 spiro atoms. The largest absolute Gasteiger partial charge is 0.480 e. The standard InChI is InChI=1S/C18H25NO6/c1-4-7-9-11-15(20)19(16(21)12-10-8-5-2)14(18(23)24)13-17(22)25-6-3/h6,9-12,14H,3-5,7-8,13H2,1-2H3,(H,23,24)/b11-9+,12-10+. The van der Waals surface area contributed by atoms with E-state index in [1.165, 1.54) is 0 Å². The Morgan fingerprint density at radius 1 is 1.04 bits per heavy atom. The molecule has 0 radical (unpaired) electrons. The van der Waals surface area contributed by atoms with E-state index in [-0.39, 0.29) is 0 Å². The van der Waals surface area contributed by atoms with Crippen molar-refractivity contribution in [2.75, 3.05) is 0 Å². The molecule has 0 saturated carbocycles. The molecule has 0 aromatic heterocycles. The van der Waals surface area contributed by atoms with Crippen LogP contribution in [0.4, 0.5) is 0 Å². The number of nitrogens with zero attached hydrogens (tertiary/aromatic N) is 1. The first-order valence-electron chi connectivity index (χ1n) is 8.12. The summed E-state index contributed by atoms with van der Waals surface area (Å²) in [6.07, 6.45) is 8.39. The van der Waals surface area contributed by atoms with Crippen LogP contribution >= 0.6 is 0 Å². The number of amides is 2. The van der Waals surface area contributed by atoms with Crippen LogP contribution in [-0.2, 0) is 23.9 Å². The predicted molar refractivity (Wildman–Crippen MR) is 92.3 cm³/mol. The topological polar surface area (TPSA) is 101 Å². The van der Waals surface area contributed by atoms with Gasteiger partial charge >= 0.3 is 11.9 Å². The molecule has 1 unspecified atom stereocenters. The van der Waals surface area contributed by atoms with Crippen molar-refractivity contribution < 1.29 is 29.0 Å². The van der Waals surface area contributed by atoms with Gasteiger partial charge in [-0.3, -0.25) is 19.3 Å². The number of hydrogen-bond donors (Lipinski definition) is 1. The van der Waals surface area contributed by atoms with Crippen LogP contribution in [-0.4, -0.2) is 39.8 Å². The summed E-state index contributed by atoms with van der Waals surface area (Å²) in [7, 11) is 0. The van der Waals surface area contributed by atoms with Gasteiger partial charge in [0.2, 0.25) is 0 Å². The number of esters is 1. The lowest BCUT2D eigenvalue weighted by Crippen LogP contribution is -2.48. The highest BCUT2D eigenvalue weighted by atomic mass is 16.5. The van der Waals surface area contributed by atoms with Gasteiger partial charge in [-0.15, -0.1) is 0 Å². The maximum atomic E-state index is 12.3. The number of carbonyl (C=O) groups is 4. The first kappa shape index (κ1) is 22.3. The Morgan fingerprint density at radius 3 is 1.88 bits per heavy atom. The number of imide groups is 1. The van der Waals surface area contributed by atoms with E-state index < -0.39 is 36.2 Å². The van der Waals surface area contributed by atoms with Crippen LogP contribution in [0.15, 0.2) is 37.1 Å². The molecule has 2 amide bonds. The predicted octanol–water partition coefficient (Wildman–Crippen LogP) is 2.58. The highest BCUT2D eigenvalue weighted by molar-refractivity contribution is 6.08. The quantitative estimate of drug-likeness (QED) is 0.349. The summed E-state index contributed by atoms with van der Waals surface area (Å²) in [4.78, 5) is 48.3. The van der Waals surface area contributed by atoms with Gasteiger partial charge in [0.25, 0.3) is 11.8 Å². The van der Waals surface area contributed by atoms with Crippen LogP contribution in [0.2, 0.25) is 0 Å². The Balaban J connectivity index is 5.57. The molecule has 0 rings (SSSR count). The summed E-state index contributed by atoms with van der Waals surface area (Å²) in [5, 5.41) is 9.37. The fraction of sp³-hybridized carbons (Fsp3) is 0.444. The van der Waals surface area contributed by atoms with Gasteiger partial charge in [-0.1, -0.05) is 45.4 Å². The summed E-state index contributed by atoms with van der Waals surface area (Å²) in [5.41, 5.74) is 0. The third-order valence-corrected chi connectivity index (χ3v) is 3.08. The lowest BCUT2D eigenvalue weighted by molar-refractivity contribution is -0.157. The molecular weight excluding hydrogens is 326 g/mol. The number of unbranched alkanes of at least 4 members (excludes halogenated alkanes) is 2. The molecule has 0 fully saturated rings. The molecule has 138 valence electrons. The van der Waals surface area contributed by atoms with Crippen molar-refractivity contribution in [2.45, 2.75) is 52.0 Å². The molecule has 1 atom stereocenters. The first-order chi connectivity index (χ1) is 11.9. The van der Waals surface area contributed by atoms with Gasteiger partial charge < -0.3 is 9.84 Å². The van der Waals surface area contributed by atoms with Gasteiger partial charge in [0.1, 0.15) is 6.04 Å². The van der Waals surface area contributed by atoms with Crippen LogP contribution < -0.4 is 0 Å². The van der Waals surface area contributed by atoms with Crippen molar-refractivity contribution in [3.05, 3.63) is 37.1 Å². The molecule has 0 bridgehead atoms. The maximum Gasteiger partial charge on any atom is 0.327 e. The van der Waals surface area contributed by atoms with Gasteiger partial charge in [-0.2, -0.15) is 0 Å². The smallest absolute Gasteiger partial charge is 0.327 e. The van der Waals surface area contributed by atoms with E-state index in [0.717, 1.165) is 31.3 Å². The Kier molecular flexibility index (Phi) is 11.3. The number of ether oxygens (including phenoxy) is 1. The van der Waals surface area contributed by atoms with Gasteiger partial charge in [0, 0.05) is 0 Å². The van der Waals surface area contributed by atoms with Crippen LogP contribution in [0.5, 0.6) is 0 Å². The maximum absolute atomic E-state index is 12.3. The molecule has 7 nitrogen and oxygen atoms in total. The van der Waals surface area contributed by atoms with Gasteiger partial charge in [0.05, 0.1) is 12.7 Å². The summed E-state index contributed by atoms with van der Waals surface area (Å²) >= 11 is 0. The van der Waals surface area contributed by atoms with Crippen molar-refractivity contribution in [1.29, 1.82) is 0 Å². The number of carboxylic acid groups (broad SMARTS) is 1. The average Bonchev–Trinajstić information content (AvgIpc) is 2.54. The number of carboxylic acids is 1. The Morgan fingerprint density at radius 2 is 1.52 bits per heavy atom. The van der Waals surface area contributed by atoms with E-state index in [4.69, 9.17) is 0 Å². The minimum absolute atomic E-state index is 0.561. The Hall–Kier alpha value is -2.70. The van der Waals surface area contributed by atoms with E-state index in [2.05, 4.69) is 11.3 Å². The van der Waals surface area contributed by atoms with Crippen molar-refractivity contribution in [3.8, 4) is 0 Å². The number of rotatable bonds is 11. The molecule has 0 aliphatic heterocycles. The lowest BCUT2D eigenvalue weighted by Gasteiger charge is -2.24. The number of carbonyl (C=O) groups excluding carboxylic acids is 3. The highest BCUT2D eigenvalue weighted by Gasteiger charge is 2.34. The van der Waals surface area contributed by atoms with Crippen LogP contribution in [0, 0.1) is 0 Å². The van der Waals surface area contributed by atoms with Crippen molar-refractivity contribution >= 4 is 23.8 Å². The minimum Gasteiger partial charge on any atom is -0.480 e. The molecule has 25 heavy (non-hydrogen) atoms. The summed E-state index contributed by atoms with van der Waals surface area (Å²) in [5.74, 6) is -3.96.